The Hall–Kier alpha value is -3.68. The van der Waals surface area contributed by atoms with Crippen molar-refractivity contribution in [2.45, 2.75) is 26.4 Å². The molecule has 0 unspecified atom stereocenters. The van der Waals surface area contributed by atoms with E-state index in [0.717, 1.165) is 4.57 Å². The molecule has 2 heterocycles. The van der Waals surface area contributed by atoms with Gasteiger partial charge in [-0.2, -0.15) is 0 Å². The molecule has 8 nitrogen and oxygen atoms in total. The maximum absolute atomic E-state index is 12.5. The lowest BCUT2D eigenvalue weighted by Crippen LogP contribution is -2.29. The molecule has 0 amide bonds. The molecule has 3 rings (SSSR count). The number of esters is 1. The van der Waals surface area contributed by atoms with E-state index in [4.69, 9.17) is 9.47 Å². The molecule has 0 atom stereocenters. The lowest BCUT2D eigenvalue weighted by atomic mass is 10.2. The number of carboxylic acids is 1. The van der Waals surface area contributed by atoms with Crippen molar-refractivity contribution in [2.24, 2.45) is 0 Å². The van der Waals surface area contributed by atoms with Crippen LogP contribution >= 0.6 is 0 Å². The molecule has 0 spiro atoms. The van der Waals surface area contributed by atoms with E-state index in [-0.39, 0.29) is 17.1 Å². The standard InChI is InChI=1S/C20H18N2O6/c1-20(2,3)28-19(26)22-15(17(23)24)10-13-9-14(11-21-16(13)22)27-18(25)12-7-5-4-6-8-12/h4-11H,1-3H3,(H,23,24). The molecule has 0 aliphatic heterocycles. The predicted molar refractivity (Wildman–Crippen MR) is 99.7 cm³/mol. The molecule has 8 heteroatoms. The maximum Gasteiger partial charge on any atom is 0.420 e. The van der Waals surface area contributed by atoms with E-state index in [1.165, 1.54) is 18.3 Å². The van der Waals surface area contributed by atoms with Crippen molar-refractivity contribution in [3.8, 4) is 5.75 Å². The number of hydrogen-bond acceptors (Lipinski definition) is 6. The molecular formula is C20H18N2O6. The number of benzene rings is 1. The third-order valence-electron chi connectivity index (χ3n) is 3.63. The Morgan fingerprint density at radius 1 is 1.07 bits per heavy atom. The number of carboxylic acid groups (broad SMARTS) is 1. The zero-order valence-corrected chi connectivity index (χ0v) is 15.5. The largest absolute Gasteiger partial charge is 0.477 e. The zero-order valence-electron chi connectivity index (χ0n) is 15.5. The summed E-state index contributed by atoms with van der Waals surface area (Å²) in [6, 6.07) is 11.1. The first kappa shape index (κ1) is 19.1. The Bertz CT molecular complexity index is 1060. The van der Waals surface area contributed by atoms with Crippen molar-refractivity contribution in [3.05, 3.63) is 59.9 Å². The topological polar surface area (TPSA) is 108 Å². The lowest BCUT2D eigenvalue weighted by molar-refractivity contribution is 0.0511. The van der Waals surface area contributed by atoms with Crippen LogP contribution < -0.4 is 4.74 Å². The molecular weight excluding hydrogens is 364 g/mol. The van der Waals surface area contributed by atoms with Gasteiger partial charge in [-0.05, 0) is 45.0 Å². The predicted octanol–water partition coefficient (Wildman–Crippen LogP) is 3.74. The monoisotopic (exact) mass is 382 g/mol. The summed E-state index contributed by atoms with van der Waals surface area (Å²) >= 11 is 0. The fourth-order valence-corrected chi connectivity index (χ4v) is 2.52. The first-order valence-electron chi connectivity index (χ1n) is 8.41. The Labute approximate surface area is 160 Å². The number of nitrogens with zero attached hydrogens (tertiary/aromatic N) is 2. The van der Waals surface area contributed by atoms with Crippen LogP contribution in [-0.2, 0) is 4.74 Å². The van der Waals surface area contributed by atoms with Gasteiger partial charge in [-0.3, -0.25) is 0 Å². The molecule has 0 saturated heterocycles. The number of pyridine rings is 1. The van der Waals surface area contributed by atoms with Gasteiger partial charge in [0, 0.05) is 5.39 Å². The first-order chi connectivity index (χ1) is 13.2. The number of aromatic nitrogens is 2. The van der Waals surface area contributed by atoms with E-state index in [2.05, 4.69) is 4.98 Å². The first-order valence-corrected chi connectivity index (χ1v) is 8.41. The van der Waals surface area contributed by atoms with Crippen molar-refractivity contribution in [2.75, 3.05) is 0 Å². The van der Waals surface area contributed by atoms with Crippen molar-refractivity contribution >= 4 is 29.1 Å². The second-order valence-electron chi connectivity index (χ2n) is 6.99. The van der Waals surface area contributed by atoms with Crippen molar-refractivity contribution in [1.82, 2.24) is 9.55 Å². The van der Waals surface area contributed by atoms with E-state index >= 15 is 0 Å². The molecule has 1 N–H and O–H groups in total. The van der Waals surface area contributed by atoms with Gasteiger partial charge in [0.15, 0.2) is 5.65 Å². The van der Waals surface area contributed by atoms with Crippen LogP contribution in [0.5, 0.6) is 5.75 Å². The summed E-state index contributed by atoms with van der Waals surface area (Å²) in [4.78, 5) is 40.3. The van der Waals surface area contributed by atoms with Crippen LogP contribution in [-0.4, -0.2) is 38.3 Å². The number of hydrogen-bond donors (Lipinski definition) is 1. The van der Waals surface area contributed by atoms with E-state index in [1.54, 1.807) is 51.1 Å². The highest BCUT2D eigenvalue weighted by molar-refractivity contribution is 6.00. The van der Waals surface area contributed by atoms with Crippen LogP contribution in [0.2, 0.25) is 0 Å². The summed E-state index contributed by atoms with van der Waals surface area (Å²) in [6.07, 6.45) is 0.386. The van der Waals surface area contributed by atoms with E-state index in [9.17, 15) is 19.5 Å². The van der Waals surface area contributed by atoms with E-state index in [1.807, 2.05) is 0 Å². The molecule has 0 bridgehead atoms. The molecule has 28 heavy (non-hydrogen) atoms. The van der Waals surface area contributed by atoms with Gasteiger partial charge in [-0.15, -0.1) is 0 Å². The summed E-state index contributed by atoms with van der Waals surface area (Å²) < 4.78 is 11.4. The summed E-state index contributed by atoms with van der Waals surface area (Å²) in [7, 11) is 0. The van der Waals surface area contributed by atoms with Gasteiger partial charge >= 0.3 is 18.0 Å². The van der Waals surface area contributed by atoms with Crippen LogP contribution in [0.3, 0.4) is 0 Å². The Balaban J connectivity index is 1.98. The number of fused-ring (bicyclic) bond motifs is 1. The van der Waals surface area contributed by atoms with Gasteiger partial charge < -0.3 is 14.6 Å². The average molecular weight is 382 g/mol. The SMILES string of the molecule is CC(C)(C)OC(=O)n1c(C(=O)O)cc2cc(OC(=O)c3ccccc3)cnc21. The molecule has 0 aliphatic carbocycles. The molecule has 0 saturated carbocycles. The van der Waals surface area contributed by atoms with Gasteiger partial charge in [-0.25, -0.2) is 23.9 Å². The highest BCUT2D eigenvalue weighted by Gasteiger charge is 2.26. The highest BCUT2D eigenvalue weighted by atomic mass is 16.6. The van der Waals surface area contributed by atoms with Gasteiger partial charge in [0.1, 0.15) is 17.0 Å². The normalized spacial score (nSPS) is 11.2. The molecule has 1 aromatic carbocycles. The minimum absolute atomic E-state index is 0.0890. The second-order valence-corrected chi connectivity index (χ2v) is 6.99. The summed E-state index contributed by atoms with van der Waals surface area (Å²) in [5, 5.41) is 9.76. The summed E-state index contributed by atoms with van der Waals surface area (Å²) in [5.41, 5.74) is -0.663. The molecule has 0 aliphatic rings. The third-order valence-corrected chi connectivity index (χ3v) is 3.63. The molecule has 2 aromatic heterocycles. The number of rotatable bonds is 3. The molecule has 3 aromatic rings. The average Bonchev–Trinajstić information content (AvgIpc) is 3.00. The molecule has 144 valence electrons. The number of carbonyl (C=O) groups is 3. The Kier molecular flexibility index (Phi) is 4.87. The van der Waals surface area contributed by atoms with Gasteiger partial charge in [0.05, 0.1) is 11.8 Å². The Morgan fingerprint density at radius 2 is 1.75 bits per heavy atom. The van der Waals surface area contributed by atoms with Crippen molar-refractivity contribution in [3.63, 3.8) is 0 Å². The quantitative estimate of drug-likeness (QED) is 0.688. The highest BCUT2D eigenvalue weighted by Crippen LogP contribution is 2.24. The fourth-order valence-electron chi connectivity index (χ4n) is 2.52. The van der Waals surface area contributed by atoms with Crippen LogP contribution in [0.4, 0.5) is 4.79 Å². The van der Waals surface area contributed by atoms with Crippen LogP contribution in [0.15, 0.2) is 48.7 Å². The van der Waals surface area contributed by atoms with E-state index < -0.39 is 23.6 Å². The van der Waals surface area contributed by atoms with Gasteiger partial charge in [0.25, 0.3) is 0 Å². The van der Waals surface area contributed by atoms with E-state index in [0.29, 0.717) is 10.9 Å². The molecule has 0 radical (unpaired) electrons. The smallest absolute Gasteiger partial charge is 0.420 e. The van der Waals surface area contributed by atoms with Gasteiger partial charge in [-0.1, -0.05) is 18.2 Å². The van der Waals surface area contributed by atoms with Gasteiger partial charge in [0.2, 0.25) is 0 Å². The number of aromatic carboxylic acids is 1. The maximum atomic E-state index is 12.5. The lowest BCUT2D eigenvalue weighted by Gasteiger charge is -2.20. The van der Waals surface area contributed by atoms with Crippen LogP contribution in [0.25, 0.3) is 11.0 Å². The van der Waals surface area contributed by atoms with Crippen LogP contribution in [0, 0.1) is 0 Å². The summed E-state index contributed by atoms with van der Waals surface area (Å²) in [6.45, 7) is 5.02. The number of carbonyl (C=O) groups excluding carboxylic acids is 2. The summed E-state index contributed by atoms with van der Waals surface area (Å²) in [5.74, 6) is -1.77. The fraction of sp³-hybridized carbons (Fsp3) is 0.200. The zero-order chi connectivity index (χ0) is 20.5. The second kappa shape index (κ2) is 7.15. The molecule has 0 fully saturated rings. The minimum atomic E-state index is -1.31. The van der Waals surface area contributed by atoms with Crippen molar-refractivity contribution < 1.29 is 29.0 Å². The Morgan fingerprint density at radius 3 is 2.36 bits per heavy atom. The number of ether oxygens (including phenoxy) is 2. The third kappa shape index (κ3) is 4.01. The van der Waals surface area contributed by atoms with Crippen molar-refractivity contribution in [1.29, 1.82) is 0 Å². The van der Waals surface area contributed by atoms with Crippen LogP contribution in [0.1, 0.15) is 41.6 Å². The minimum Gasteiger partial charge on any atom is -0.477 e.